The molecule has 0 radical (unpaired) electrons. The van der Waals surface area contributed by atoms with E-state index >= 15 is 0 Å². The molecule has 4 N–H and O–H groups in total. The number of nitrogens with two attached hydrogens (primary N) is 1. The van der Waals surface area contributed by atoms with Gasteiger partial charge in [0.25, 0.3) is 0 Å². The zero-order valence-electron chi connectivity index (χ0n) is 15.7. The number of hydrogen-bond acceptors (Lipinski definition) is 3. The molecule has 0 aliphatic carbocycles. The number of nitrogens with one attached hydrogen (secondary N) is 2. The molecule has 0 spiro atoms. The van der Waals surface area contributed by atoms with Crippen LogP contribution in [0.4, 0.5) is 4.39 Å². The van der Waals surface area contributed by atoms with E-state index in [4.69, 9.17) is 5.14 Å². The summed E-state index contributed by atoms with van der Waals surface area (Å²) in [4.78, 5) is 4.53. The van der Waals surface area contributed by atoms with Crippen LogP contribution in [0.5, 0.6) is 0 Å². The van der Waals surface area contributed by atoms with Crippen LogP contribution in [-0.4, -0.2) is 20.9 Å². The zero-order chi connectivity index (χ0) is 20.0. The van der Waals surface area contributed by atoms with Gasteiger partial charge in [0.05, 0.1) is 17.5 Å². The van der Waals surface area contributed by atoms with E-state index in [2.05, 4.69) is 15.6 Å². The Bertz CT molecular complexity index is 929. The number of nitrogens with zero attached hydrogens (tertiary/aromatic N) is 1. The van der Waals surface area contributed by atoms with E-state index in [9.17, 15) is 12.8 Å². The summed E-state index contributed by atoms with van der Waals surface area (Å²) in [6.45, 7) is 6.50. The zero-order valence-corrected chi connectivity index (χ0v) is 16.5. The van der Waals surface area contributed by atoms with Crippen molar-refractivity contribution < 1.29 is 12.8 Å². The van der Waals surface area contributed by atoms with Crippen molar-refractivity contribution in [3.05, 3.63) is 65.0 Å². The lowest BCUT2D eigenvalue weighted by Gasteiger charge is -2.18. The van der Waals surface area contributed by atoms with Crippen molar-refractivity contribution in [2.45, 2.75) is 38.3 Å². The van der Waals surface area contributed by atoms with Gasteiger partial charge in [-0.05, 0) is 55.7 Å². The fourth-order valence-electron chi connectivity index (χ4n) is 2.48. The lowest BCUT2D eigenvalue weighted by molar-refractivity contribution is 0.597. The molecule has 0 fully saturated rings. The molecule has 8 heteroatoms. The molecule has 0 bridgehead atoms. The second-order valence-corrected chi connectivity index (χ2v) is 7.82. The van der Waals surface area contributed by atoms with Crippen molar-refractivity contribution in [2.24, 2.45) is 10.1 Å². The van der Waals surface area contributed by atoms with Crippen molar-refractivity contribution >= 4 is 16.0 Å². The molecule has 0 aromatic heterocycles. The second kappa shape index (κ2) is 8.96. The predicted octanol–water partition coefficient (Wildman–Crippen LogP) is 2.60. The van der Waals surface area contributed by atoms with Gasteiger partial charge in [0.1, 0.15) is 5.82 Å². The minimum atomic E-state index is -3.75. The first kappa shape index (κ1) is 20.9. The average molecular weight is 393 g/mol. The molecule has 2 aromatic carbocycles. The Labute approximate surface area is 159 Å². The molecule has 1 unspecified atom stereocenters. The van der Waals surface area contributed by atoms with Crippen LogP contribution >= 0.6 is 0 Å². The third-order valence-corrected chi connectivity index (χ3v) is 4.95. The first-order chi connectivity index (χ1) is 12.7. The summed E-state index contributed by atoms with van der Waals surface area (Å²) in [6, 6.07) is 11.3. The van der Waals surface area contributed by atoms with E-state index in [-0.39, 0.29) is 23.3 Å². The molecule has 0 aliphatic rings. The van der Waals surface area contributed by atoms with Crippen LogP contribution in [0.25, 0.3) is 0 Å². The highest BCUT2D eigenvalue weighted by Crippen LogP contribution is 2.16. The molecule has 2 rings (SSSR count). The van der Waals surface area contributed by atoms with Crippen LogP contribution in [0.15, 0.2) is 52.4 Å². The quantitative estimate of drug-likeness (QED) is 0.520. The van der Waals surface area contributed by atoms with Gasteiger partial charge in [0.2, 0.25) is 10.0 Å². The minimum absolute atomic E-state index is 0.0525. The van der Waals surface area contributed by atoms with E-state index in [1.165, 1.54) is 18.2 Å². The van der Waals surface area contributed by atoms with Gasteiger partial charge in [-0.3, -0.25) is 0 Å². The number of hydrogen-bond donors (Lipinski definition) is 3. The third kappa shape index (κ3) is 6.04. The number of sulfonamides is 1. The lowest BCUT2D eigenvalue weighted by atomic mass is 10.1. The first-order valence-corrected chi connectivity index (χ1v) is 10.2. The summed E-state index contributed by atoms with van der Waals surface area (Å²) in [6.07, 6.45) is 0. The lowest BCUT2D eigenvalue weighted by Crippen LogP contribution is -2.38. The van der Waals surface area contributed by atoms with Crippen LogP contribution in [-0.2, 0) is 16.6 Å². The molecule has 146 valence electrons. The topological polar surface area (TPSA) is 96.6 Å². The van der Waals surface area contributed by atoms with Crippen LogP contribution in [0.2, 0.25) is 0 Å². The van der Waals surface area contributed by atoms with E-state index in [1.54, 1.807) is 25.1 Å². The summed E-state index contributed by atoms with van der Waals surface area (Å²) >= 11 is 0. The maximum Gasteiger partial charge on any atom is 0.238 e. The Morgan fingerprint density at radius 3 is 2.63 bits per heavy atom. The number of halogens is 1. The van der Waals surface area contributed by atoms with Crippen molar-refractivity contribution in [1.29, 1.82) is 0 Å². The van der Waals surface area contributed by atoms with Gasteiger partial charge < -0.3 is 10.6 Å². The summed E-state index contributed by atoms with van der Waals surface area (Å²) in [7, 11) is -3.75. The molecule has 27 heavy (non-hydrogen) atoms. The molecular weight excluding hydrogens is 367 g/mol. The molecule has 2 aromatic rings. The Morgan fingerprint density at radius 2 is 2.00 bits per heavy atom. The van der Waals surface area contributed by atoms with Crippen molar-refractivity contribution in [3.63, 3.8) is 0 Å². The van der Waals surface area contributed by atoms with Crippen LogP contribution in [0.3, 0.4) is 0 Å². The predicted molar refractivity (Wildman–Crippen MR) is 105 cm³/mol. The van der Waals surface area contributed by atoms with E-state index in [0.29, 0.717) is 23.6 Å². The van der Waals surface area contributed by atoms with Crippen LogP contribution in [0.1, 0.15) is 36.6 Å². The number of primary sulfonamides is 1. The Morgan fingerprint density at radius 1 is 1.26 bits per heavy atom. The monoisotopic (exact) mass is 392 g/mol. The smallest absolute Gasteiger partial charge is 0.238 e. The van der Waals surface area contributed by atoms with Crippen LogP contribution in [0, 0.1) is 12.7 Å². The Balaban J connectivity index is 2.15. The molecule has 0 heterocycles. The number of guanidine groups is 1. The van der Waals surface area contributed by atoms with Gasteiger partial charge in [-0.25, -0.2) is 22.9 Å². The van der Waals surface area contributed by atoms with Gasteiger partial charge in [0, 0.05) is 6.54 Å². The molecule has 1 atom stereocenters. The summed E-state index contributed by atoms with van der Waals surface area (Å²) < 4.78 is 36.7. The van der Waals surface area contributed by atoms with E-state index in [1.807, 2.05) is 19.9 Å². The molecule has 0 saturated carbocycles. The Hall–Kier alpha value is -2.45. The van der Waals surface area contributed by atoms with Crippen molar-refractivity contribution in [3.8, 4) is 0 Å². The first-order valence-electron chi connectivity index (χ1n) is 8.63. The summed E-state index contributed by atoms with van der Waals surface area (Å²) in [5.74, 6) is 0.301. The van der Waals surface area contributed by atoms with Crippen molar-refractivity contribution in [1.82, 2.24) is 10.6 Å². The number of aryl methyl sites for hydroxylation is 1. The molecule has 0 saturated heterocycles. The normalized spacial score (nSPS) is 13.3. The minimum Gasteiger partial charge on any atom is -0.357 e. The molecule has 6 nitrogen and oxygen atoms in total. The van der Waals surface area contributed by atoms with Gasteiger partial charge >= 0.3 is 0 Å². The number of rotatable bonds is 6. The fourth-order valence-corrected chi connectivity index (χ4v) is 3.06. The molecular formula is C19H25FN4O2S. The Kier molecular flexibility index (Phi) is 6.92. The van der Waals surface area contributed by atoms with E-state index < -0.39 is 10.0 Å². The average Bonchev–Trinajstić information content (AvgIpc) is 2.61. The highest BCUT2D eigenvalue weighted by atomic mass is 32.2. The third-order valence-electron chi connectivity index (χ3n) is 4.04. The number of benzene rings is 2. The second-order valence-electron chi connectivity index (χ2n) is 6.26. The SMILES string of the molecule is CCNC(=NCc1cccc(S(N)(=O)=O)c1)NC(C)c1ccc(C)c(F)c1. The largest absolute Gasteiger partial charge is 0.357 e. The highest BCUT2D eigenvalue weighted by molar-refractivity contribution is 7.89. The van der Waals surface area contributed by atoms with Gasteiger partial charge in [-0.15, -0.1) is 0 Å². The van der Waals surface area contributed by atoms with Gasteiger partial charge in [-0.1, -0.05) is 24.3 Å². The molecule has 0 amide bonds. The van der Waals surface area contributed by atoms with Crippen LogP contribution < -0.4 is 15.8 Å². The fraction of sp³-hybridized carbons (Fsp3) is 0.316. The standard InChI is InChI=1S/C19H25FN4O2S/c1-4-22-19(24-14(3)16-9-8-13(2)18(20)11-16)23-12-15-6-5-7-17(10-15)27(21,25)26/h5-11,14H,4,12H2,1-3H3,(H2,21,25,26)(H2,22,23,24). The number of aliphatic imine (C=N–C) groups is 1. The van der Waals surface area contributed by atoms with E-state index in [0.717, 1.165) is 5.56 Å². The molecule has 0 aliphatic heterocycles. The maximum atomic E-state index is 13.8. The maximum absolute atomic E-state index is 13.8. The summed E-state index contributed by atoms with van der Waals surface area (Å²) in [5, 5.41) is 11.5. The van der Waals surface area contributed by atoms with Gasteiger partial charge in [-0.2, -0.15) is 0 Å². The summed E-state index contributed by atoms with van der Waals surface area (Å²) in [5.41, 5.74) is 2.12. The van der Waals surface area contributed by atoms with Crippen molar-refractivity contribution in [2.75, 3.05) is 6.54 Å². The highest BCUT2D eigenvalue weighted by Gasteiger charge is 2.11. The van der Waals surface area contributed by atoms with Gasteiger partial charge in [0.15, 0.2) is 5.96 Å².